The zero-order valence-corrected chi connectivity index (χ0v) is 23.3. The van der Waals surface area contributed by atoms with Crippen LogP contribution in [0.2, 0.25) is 0 Å². The molecule has 2 unspecified atom stereocenters. The van der Waals surface area contributed by atoms with Crippen molar-refractivity contribution in [1.29, 1.82) is 0 Å². The van der Waals surface area contributed by atoms with Gasteiger partial charge in [-0.1, -0.05) is 61.4 Å². The number of carbonyl (C=O) groups is 2. The third-order valence-electron chi connectivity index (χ3n) is 8.28. The van der Waals surface area contributed by atoms with E-state index in [0.29, 0.717) is 38.5 Å². The zero-order chi connectivity index (χ0) is 27.2. The largest absolute Gasteiger partial charge is 0.336 e. The number of rotatable bonds is 5. The van der Waals surface area contributed by atoms with Gasteiger partial charge >= 0.3 is 0 Å². The summed E-state index contributed by atoms with van der Waals surface area (Å²) in [7, 11) is 0. The maximum absolute atomic E-state index is 14.0. The second-order valence-corrected chi connectivity index (χ2v) is 11.0. The van der Waals surface area contributed by atoms with Gasteiger partial charge in [-0.05, 0) is 61.1 Å². The van der Waals surface area contributed by atoms with E-state index in [9.17, 15) is 9.59 Å². The fraction of sp³-hybridized carbons (Fsp3) is 0.424. The number of aryl methyl sites for hydroxylation is 1. The van der Waals surface area contributed by atoms with Crippen molar-refractivity contribution < 1.29 is 9.59 Å². The Kier molecular flexibility index (Phi) is 8.72. The Labute approximate surface area is 232 Å². The van der Waals surface area contributed by atoms with E-state index in [2.05, 4.69) is 47.1 Å². The molecule has 0 aliphatic carbocycles. The molecule has 1 aromatic heterocycles. The predicted molar refractivity (Wildman–Crippen MR) is 155 cm³/mol. The van der Waals surface area contributed by atoms with Crippen LogP contribution < -0.4 is 4.90 Å². The Morgan fingerprint density at radius 2 is 1.69 bits per heavy atom. The van der Waals surface area contributed by atoms with E-state index in [1.807, 2.05) is 59.4 Å². The quantitative estimate of drug-likeness (QED) is 0.440. The van der Waals surface area contributed by atoms with Crippen LogP contribution in [0, 0.1) is 6.92 Å². The van der Waals surface area contributed by atoms with Crippen molar-refractivity contribution in [2.75, 3.05) is 18.0 Å². The number of benzene rings is 2. The summed E-state index contributed by atoms with van der Waals surface area (Å²) < 4.78 is 0. The van der Waals surface area contributed by atoms with Crippen LogP contribution in [-0.4, -0.2) is 51.8 Å². The highest BCUT2D eigenvalue weighted by molar-refractivity contribution is 5.94. The summed E-state index contributed by atoms with van der Waals surface area (Å²) in [5, 5.41) is 0. The lowest BCUT2D eigenvalue weighted by Gasteiger charge is -2.44. The molecule has 5 rings (SSSR count). The number of amides is 2. The summed E-state index contributed by atoms with van der Waals surface area (Å²) in [5.74, 6) is 0.265. The molecular formula is C33H40N4O2. The molecule has 3 heterocycles. The molecule has 0 N–H and O–H groups in total. The number of nitrogens with zero attached hydrogens (tertiary/aromatic N) is 4. The third-order valence-corrected chi connectivity index (χ3v) is 8.28. The van der Waals surface area contributed by atoms with E-state index in [0.717, 1.165) is 54.6 Å². The molecule has 6 heteroatoms. The van der Waals surface area contributed by atoms with Crippen molar-refractivity contribution in [3.8, 4) is 0 Å². The Balaban J connectivity index is 1.52. The standard InChI is InChI=1S/C33H40N4O2/c1-3-32(38)36-19-16-29-11-7-12-30(37(29)22-26-14-17-34-18-15-26)24-35(23-28-10-4-5-13-31(28)36)33(39)21-27-9-6-8-25(2)20-27/h4-6,8-10,13-15,17-18,20,29-30H,3,7,11-12,16,19,21-24H2,1-2H3. The summed E-state index contributed by atoms with van der Waals surface area (Å²) >= 11 is 0. The number of hydrogen-bond donors (Lipinski definition) is 0. The van der Waals surface area contributed by atoms with Gasteiger partial charge in [0, 0.05) is 62.8 Å². The van der Waals surface area contributed by atoms with Crippen LogP contribution in [-0.2, 0) is 29.1 Å². The van der Waals surface area contributed by atoms with Crippen molar-refractivity contribution in [2.45, 2.75) is 77.5 Å². The second kappa shape index (κ2) is 12.6. The van der Waals surface area contributed by atoms with E-state index in [1.54, 1.807) is 0 Å². The molecule has 0 saturated carbocycles. The van der Waals surface area contributed by atoms with E-state index in [1.165, 1.54) is 5.56 Å². The van der Waals surface area contributed by atoms with Gasteiger partial charge in [0.05, 0.1) is 6.42 Å². The first kappa shape index (κ1) is 27.1. The summed E-state index contributed by atoms with van der Waals surface area (Å²) in [4.78, 5) is 38.0. The minimum Gasteiger partial charge on any atom is -0.336 e. The first-order valence-corrected chi connectivity index (χ1v) is 14.4. The lowest BCUT2D eigenvalue weighted by Crippen LogP contribution is -2.52. The topological polar surface area (TPSA) is 56.8 Å². The highest BCUT2D eigenvalue weighted by Crippen LogP contribution is 2.32. The Bertz CT molecular complexity index is 1280. The van der Waals surface area contributed by atoms with Gasteiger partial charge in [-0.2, -0.15) is 0 Å². The molecule has 3 aromatic rings. The molecule has 2 atom stereocenters. The molecule has 2 aromatic carbocycles. The molecule has 2 amide bonds. The molecule has 2 aliphatic heterocycles. The van der Waals surface area contributed by atoms with Crippen LogP contribution in [0.4, 0.5) is 5.69 Å². The second-order valence-electron chi connectivity index (χ2n) is 11.0. The molecule has 1 fully saturated rings. The molecule has 0 spiro atoms. The van der Waals surface area contributed by atoms with E-state index < -0.39 is 0 Å². The molecule has 2 aliphatic rings. The van der Waals surface area contributed by atoms with Gasteiger partial charge in [-0.3, -0.25) is 19.5 Å². The van der Waals surface area contributed by atoms with Gasteiger partial charge < -0.3 is 9.80 Å². The van der Waals surface area contributed by atoms with Crippen LogP contribution in [0.15, 0.2) is 73.1 Å². The first-order valence-electron chi connectivity index (χ1n) is 14.4. The van der Waals surface area contributed by atoms with Gasteiger partial charge in [0.1, 0.15) is 0 Å². The van der Waals surface area contributed by atoms with Gasteiger partial charge in [0.15, 0.2) is 0 Å². The number of carbonyl (C=O) groups excluding carboxylic acids is 2. The van der Waals surface area contributed by atoms with Crippen molar-refractivity contribution >= 4 is 17.5 Å². The zero-order valence-electron chi connectivity index (χ0n) is 23.3. The summed E-state index contributed by atoms with van der Waals surface area (Å²) in [6.45, 7) is 6.69. The van der Waals surface area contributed by atoms with Crippen LogP contribution in [0.25, 0.3) is 0 Å². The molecule has 1 saturated heterocycles. The van der Waals surface area contributed by atoms with Crippen molar-refractivity contribution in [1.82, 2.24) is 14.8 Å². The number of fused-ring (bicyclic) bond motifs is 3. The van der Waals surface area contributed by atoms with Crippen LogP contribution in [0.3, 0.4) is 0 Å². The van der Waals surface area contributed by atoms with Crippen molar-refractivity contribution in [3.63, 3.8) is 0 Å². The van der Waals surface area contributed by atoms with E-state index >= 15 is 0 Å². The van der Waals surface area contributed by atoms with Gasteiger partial charge in [-0.15, -0.1) is 0 Å². The number of para-hydroxylation sites is 1. The van der Waals surface area contributed by atoms with Gasteiger partial charge in [-0.25, -0.2) is 0 Å². The highest BCUT2D eigenvalue weighted by atomic mass is 16.2. The van der Waals surface area contributed by atoms with Crippen LogP contribution >= 0.6 is 0 Å². The van der Waals surface area contributed by atoms with Crippen LogP contribution in [0.1, 0.15) is 61.3 Å². The average Bonchev–Trinajstić information content (AvgIpc) is 2.96. The number of pyridine rings is 1. The smallest absolute Gasteiger partial charge is 0.227 e. The van der Waals surface area contributed by atoms with Gasteiger partial charge in [0.25, 0.3) is 0 Å². The third kappa shape index (κ3) is 6.56. The van der Waals surface area contributed by atoms with E-state index in [-0.39, 0.29) is 17.9 Å². The number of piperidine rings is 1. The maximum Gasteiger partial charge on any atom is 0.227 e. The fourth-order valence-electron chi connectivity index (χ4n) is 6.26. The molecule has 39 heavy (non-hydrogen) atoms. The number of aromatic nitrogens is 1. The minimum atomic E-state index is 0.132. The summed E-state index contributed by atoms with van der Waals surface area (Å²) in [6.07, 6.45) is 8.76. The predicted octanol–water partition coefficient (Wildman–Crippen LogP) is 5.53. The minimum absolute atomic E-state index is 0.132. The monoisotopic (exact) mass is 524 g/mol. The van der Waals surface area contributed by atoms with Crippen LogP contribution in [0.5, 0.6) is 0 Å². The summed E-state index contributed by atoms with van der Waals surface area (Å²) in [5.41, 5.74) is 5.42. The summed E-state index contributed by atoms with van der Waals surface area (Å²) in [6, 6.07) is 21.2. The average molecular weight is 525 g/mol. The Morgan fingerprint density at radius 1 is 0.897 bits per heavy atom. The molecule has 6 nitrogen and oxygen atoms in total. The van der Waals surface area contributed by atoms with E-state index in [4.69, 9.17) is 0 Å². The fourth-order valence-corrected chi connectivity index (χ4v) is 6.26. The number of hydrogen-bond acceptors (Lipinski definition) is 4. The first-order chi connectivity index (χ1) is 19.0. The van der Waals surface area contributed by atoms with Gasteiger partial charge in [0.2, 0.25) is 11.8 Å². The van der Waals surface area contributed by atoms with Crippen molar-refractivity contribution in [3.05, 3.63) is 95.3 Å². The normalized spacial score (nSPS) is 20.2. The molecule has 0 radical (unpaired) electrons. The highest BCUT2D eigenvalue weighted by Gasteiger charge is 2.34. The SMILES string of the molecule is CCC(=O)N1CCC2CCCC(CN(C(=O)Cc3cccc(C)c3)Cc3ccccc31)N2Cc1ccncc1. The molecule has 204 valence electrons. The Morgan fingerprint density at radius 3 is 2.49 bits per heavy atom. The maximum atomic E-state index is 14.0. The van der Waals surface area contributed by atoms with Crippen molar-refractivity contribution in [2.24, 2.45) is 0 Å². The lowest BCUT2D eigenvalue weighted by molar-refractivity contribution is -0.132. The molecule has 2 bridgehead atoms. The Hall–Kier alpha value is -3.51. The molecular weight excluding hydrogens is 484 g/mol. The lowest BCUT2D eigenvalue weighted by atomic mass is 9.92. The number of anilines is 1.